The van der Waals surface area contributed by atoms with Crippen molar-refractivity contribution in [3.8, 4) is 0 Å². The normalized spacial score (nSPS) is 17.8. The molecule has 1 N–H and O–H groups in total. The molecule has 1 nitrogen and oxygen atoms in total. The van der Waals surface area contributed by atoms with Gasteiger partial charge in [0.05, 0.1) is 0 Å². The van der Waals surface area contributed by atoms with Crippen molar-refractivity contribution in [3.63, 3.8) is 0 Å². The first-order valence-corrected chi connectivity index (χ1v) is 8.13. The minimum absolute atomic E-state index is 0.542. The molecule has 0 aliphatic heterocycles. The molecular weight excluding hydrogens is 334 g/mol. The van der Waals surface area contributed by atoms with Crippen molar-refractivity contribution in [2.24, 2.45) is 0 Å². The van der Waals surface area contributed by atoms with Gasteiger partial charge in [-0.25, -0.2) is 0 Å². The fourth-order valence-corrected chi connectivity index (χ4v) is 3.40. The van der Waals surface area contributed by atoms with Crippen molar-refractivity contribution in [2.75, 3.05) is 0 Å². The molecule has 20 heavy (non-hydrogen) atoms. The summed E-state index contributed by atoms with van der Waals surface area (Å²) in [5, 5.41) is 4.49. The lowest BCUT2D eigenvalue weighted by molar-refractivity contribution is 0.457. The lowest BCUT2D eigenvalue weighted by Gasteiger charge is -2.26. The Kier molecular flexibility index (Phi) is 4.45. The number of halogens is 2. The number of rotatable bonds is 3. The van der Waals surface area contributed by atoms with Gasteiger partial charge in [-0.15, -0.1) is 0 Å². The van der Waals surface area contributed by atoms with Crippen LogP contribution in [0.4, 0.5) is 0 Å². The van der Waals surface area contributed by atoms with Crippen molar-refractivity contribution in [2.45, 2.75) is 31.8 Å². The van der Waals surface area contributed by atoms with Gasteiger partial charge in [0.2, 0.25) is 0 Å². The topological polar surface area (TPSA) is 12.0 Å². The van der Waals surface area contributed by atoms with Gasteiger partial charge in [-0.3, -0.25) is 0 Å². The molecule has 1 unspecified atom stereocenters. The van der Waals surface area contributed by atoms with Crippen LogP contribution in [-0.4, -0.2) is 6.04 Å². The molecular formula is C17H17BrClN. The predicted octanol–water partition coefficient (Wildman–Crippen LogP) is 4.75. The van der Waals surface area contributed by atoms with Crippen LogP contribution in [0, 0.1) is 0 Å². The van der Waals surface area contributed by atoms with Crippen molar-refractivity contribution >= 4 is 27.5 Å². The third-order valence-corrected chi connectivity index (χ3v) is 4.80. The van der Waals surface area contributed by atoms with E-state index in [4.69, 9.17) is 11.6 Å². The summed E-state index contributed by atoms with van der Waals surface area (Å²) in [4.78, 5) is 0. The van der Waals surface area contributed by atoms with Crippen LogP contribution in [0.3, 0.4) is 0 Å². The van der Waals surface area contributed by atoms with Crippen LogP contribution in [-0.2, 0) is 19.4 Å². The minimum atomic E-state index is 0.542. The Bertz CT molecular complexity index is 612. The van der Waals surface area contributed by atoms with E-state index in [9.17, 15) is 0 Å². The summed E-state index contributed by atoms with van der Waals surface area (Å²) >= 11 is 9.74. The molecule has 0 fully saturated rings. The van der Waals surface area contributed by atoms with Crippen LogP contribution >= 0.6 is 27.5 Å². The highest BCUT2D eigenvalue weighted by molar-refractivity contribution is 9.10. The van der Waals surface area contributed by atoms with E-state index in [-0.39, 0.29) is 0 Å². The fourth-order valence-electron chi connectivity index (χ4n) is 2.79. The summed E-state index contributed by atoms with van der Waals surface area (Å²) in [6.45, 7) is 0.843. The summed E-state index contributed by atoms with van der Waals surface area (Å²) in [5.74, 6) is 0. The summed E-state index contributed by atoms with van der Waals surface area (Å²) in [6.07, 6.45) is 3.44. The van der Waals surface area contributed by atoms with Crippen molar-refractivity contribution in [1.82, 2.24) is 5.32 Å². The second kappa shape index (κ2) is 6.30. The summed E-state index contributed by atoms with van der Waals surface area (Å²) in [7, 11) is 0. The molecule has 0 amide bonds. The number of benzene rings is 2. The standard InChI is InChI=1S/C17H17BrClN/c18-15-7-5-13-10-16(8-6-12(13)9-15)20-11-14-3-1-2-4-17(14)19/h1-5,7,9,16,20H,6,8,10-11H2. The van der Waals surface area contributed by atoms with Gasteiger partial charge in [-0.05, 0) is 54.2 Å². The molecule has 104 valence electrons. The number of hydrogen-bond acceptors (Lipinski definition) is 1. The van der Waals surface area contributed by atoms with Gasteiger partial charge in [0, 0.05) is 22.1 Å². The zero-order valence-corrected chi connectivity index (χ0v) is 13.5. The maximum atomic E-state index is 6.20. The first kappa shape index (κ1) is 14.1. The van der Waals surface area contributed by atoms with E-state index in [2.05, 4.69) is 45.5 Å². The van der Waals surface area contributed by atoms with E-state index in [0.717, 1.165) is 24.4 Å². The maximum Gasteiger partial charge on any atom is 0.0450 e. The molecule has 1 aliphatic carbocycles. The van der Waals surface area contributed by atoms with Gasteiger partial charge in [0.15, 0.2) is 0 Å². The smallest absolute Gasteiger partial charge is 0.0450 e. The third kappa shape index (κ3) is 3.25. The van der Waals surface area contributed by atoms with E-state index >= 15 is 0 Å². The lowest BCUT2D eigenvalue weighted by Crippen LogP contribution is -2.34. The largest absolute Gasteiger partial charge is 0.310 e. The molecule has 0 radical (unpaired) electrons. The molecule has 2 aromatic carbocycles. The molecule has 0 bridgehead atoms. The van der Waals surface area contributed by atoms with Gasteiger partial charge >= 0.3 is 0 Å². The van der Waals surface area contributed by atoms with Crippen LogP contribution in [0.1, 0.15) is 23.1 Å². The van der Waals surface area contributed by atoms with Crippen LogP contribution in [0.25, 0.3) is 0 Å². The first-order chi connectivity index (χ1) is 9.72. The SMILES string of the molecule is Clc1ccccc1CNC1CCc2cc(Br)ccc2C1. The van der Waals surface area contributed by atoms with Crippen molar-refractivity contribution in [1.29, 1.82) is 0 Å². The van der Waals surface area contributed by atoms with Crippen LogP contribution in [0.2, 0.25) is 5.02 Å². The number of fused-ring (bicyclic) bond motifs is 1. The highest BCUT2D eigenvalue weighted by Gasteiger charge is 2.18. The molecule has 1 aliphatic rings. The van der Waals surface area contributed by atoms with E-state index < -0.39 is 0 Å². The van der Waals surface area contributed by atoms with Gasteiger partial charge in [-0.2, -0.15) is 0 Å². The monoisotopic (exact) mass is 349 g/mol. The minimum Gasteiger partial charge on any atom is -0.310 e. The van der Waals surface area contributed by atoms with E-state index in [1.807, 2.05) is 18.2 Å². The van der Waals surface area contributed by atoms with E-state index in [1.165, 1.54) is 27.6 Å². The number of nitrogens with one attached hydrogen (secondary N) is 1. The Hall–Kier alpha value is -0.830. The van der Waals surface area contributed by atoms with Crippen LogP contribution in [0.15, 0.2) is 46.9 Å². The van der Waals surface area contributed by atoms with E-state index in [0.29, 0.717) is 6.04 Å². The van der Waals surface area contributed by atoms with Gasteiger partial charge in [0.25, 0.3) is 0 Å². The number of hydrogen-bond donors (Lipinski definition) is 1. The van der Waals surface area contributed by atoms with Crippen LogP contribution in [0.5, 0.6) is 0 Å². The molecule has 0 saturated heterocycles. The summed E-state index contributed by atoms with van der Waals surface area (Å²) < 4.78 is 1.18. The second-order valence-corrected chi connectivity index (χ2v) is 6.65. The quantitative estimate of drug-likeness (QED) is 0.842. The average molecular weight is 351 g/mol. The van der Waals surface area contributed by atoms with Crippen LogP contribution < -0.4 is 5.32 Å². The molecule has 3 heteroatoms. The Labute approximate surface area is 133 Å². The Balaban J connectivity index is 1.63. The average Bonchev–Trinajstić information content (AvgIpc) is 2.46. The maximum absolute atomic E-state index is 6.20. The van der Waals surface area contributed by atoms with E-state index in [1.54, 1.807) is 0 Å². The fraction of sp³-hybridized carbons (Fsp3) is 0.294. The predicted molar refractivity (Wildman–Crippen MR) is 88.2 cm³/mol. The van der Waals surface area contributed by atoms with Gasteiger partial charge in [-0.1, -0.05) is 51.8 Å². The highest BCUT2D eigenvalue weighted by Crippen LogP contribution is 2.25. The molecule has 0 spiro atoms. The number of aryl methyl sites for hydroxylation is 1. The van der Waals surface area contributed by atoms with Crippen molar-refractivity contribution in [3.05, 3.63) is 68.7 Å². The van der Waals surface area contributed by atoms with Gasteiger partial charge < -0.3 is 5.32 Å². The Morgan fingerprint density at radius 2 is 2.00 bits per heavy atom. The zero-order chi connectivity index (χ0) is 13.9. The summed E-state index contributed by atoms with van der Waals surface area (Å²) in [5.41, 5.74) is 4.13. The molecule has 3 rings (SSSR count). The molecule has 0 aromatic heterocycles. The first-order valence-electron chi connectivity index (χ1n) is 6.96. The Morgan fingerprint density at radius 3 is 2.85 bits per heavy atom. The summed E-state index contributed by atoms with van der Waals surface area (Å²) in [6, 6.07) is 15.2. The molecule has 2 aromatic rings. The zero-order valence-electron chi connectivity index (χ0n) is 11.2. The lowest BCUT2D eigenvalue weighted by atomic mass is 9.88. The molecule has 0 heterocycles. The van der Waals surface area contributed by atoms with Crippen molar-refractivity contribution < 1.29 is 0 Å². The molecule has 1 atom stereocenters. The highest BCUT2D eigenvalue weighted by atomic mass is 79.9. The third-order valence-electron chi connectivity index (χ3n) is 3.94. The second-order valence-electron chi connectivity index (χ2n) is 5.33. The molecule has 0 saturated carbocycles. The van der Waals surface area contributed by atoms with Gasteiger partial charge in [0.1, 0.15) is 0 Å². The Morgan fingerprint density at radius 1 is 1.15 bits per heavy atom.